The van der Waals surface area contributed by atoms with Crippen LogP contribution in [0, 0.1) is 11.3 Å². The van der Waals surface area contributed by atoms with Gasteiger partial charge in [-0.15, -0.1) is 22.7 Å². The van der Waals surface area contributed by atoms with Gasteiger partial charge in [-0.3, -0.25) is 14.2 Å². The van der Waals surface area contributed by atoms with Crippen LogP contribution in [0.2, 0.25) is 0 Å². The second-order valence-electron chi connectivity index (χ2n) is 6.51. The van der Waals surface area contributed by atoms with Crippen molar-refractivity contribution < 1.29 is 4.79 Å². The molecule has 1 unspecified atom stereocenters. The van der Waals surface area contributed by atoms with Gasteiger partial charge < -0.3 is 5.32 Å². The fraction of sp³-hybridized carbons (Fsp3) is 0.143. The molecule has 3 heterocycles. The molecule has 1 amide bonds. The predicted molar refractivity (Wildman–Crippen MR) is 123 cm³/mol. The summed E-state index contributed by atoms with van der Waals surface area (Å²) in [5.41, 5.74) is 1.81. The summed E-state index contributed by atoms with van der Waals surface area (Å²) in [6.07, 6.45) is 0. The number of carbonyl (C=O) groups excluding carboxylic acids is 1. The lowest BCUT2D eigenvalue weighted by Gasteiger charge is -2.13. The Morgan fingerprint density at radius 3 is 2.87 bits per heavy atom. The number of anilines is 1. The van der Waals surface area contributed by atoms with Crippen molar-refractivity contribution in [2.45, 2.75) is 17.3 Å². The molecule has 0 spiro atoms. The minimum Gasteiger partial charge on any atom is -0.325 e. The Bertz CT molecular complexity index is 1330. The maximum absolute atomic E-state index is 13.0. The van der Waals surface area contributed by atoms with Crippen LogP contribution in [0.25, 0.3) is 20.7 Å². The number of nitrogens with zero attached hydrogens (tertiary/aromatic N) is 3. The number of thioether (sulfide) groups is 1. The molecule has 0 aliphatic rings. The van der Waals surface area contributed by atoms with Crippen molar-refractivity contribution >= 4 is 56.2 Å². The van der Waals surface area contributed by atoms with Crippen molar-refractivity contribution in [2.24, 2.45) is 7.05 Å². The SMILES string of the molecule is CC(Sc1nc2scc(-c3cccs3)c2c(=O)n1C)C(=O)Nc1cccc(C#N)c1. The molecule has 1 N–H and O–H groups in total. The molecule has 6 nitrogen and oxygen atoms in total. The van der Waals surface area contributed by atoms with E-state index >= 15 is 0 Å². The first-order valence-corrected chi connectivity index (χ1v) is 11.6. The molecule has 30 heavy (non-hydrogen) atoms. The van der Waals surface area contributed by atoms with E-state index in [1.165, 1.54) is 27.7 Å². The van der Waals surface area contributed by atoms with Crippen LogP contribution in [0.3, 0.4) is 0 Å². The number of fused-ring (bicyclic) bond motifs is 1. The van der Waals surface area contributed by atoms with Gasteiger partial charge in [-0.05, 0) is 36.6 Å². The van der Waals surface area contributed by atoms with E-state index in [1.54, 1.807) is 49.6 Å². The highest BCUT2D eigenvalue weighted by molar-refractivity contribution is 8.00. The average Bonchev–Trinajstić information content (AvgIpc) is 3.41. The normalized spacial score (nSPS) is 11.9. The third kappa shape index (κ3) is 3.89. The Balaban J connectivity index is 1.59. The van der Waals surface area contributed by atoms with E-state index in [0.29, 0.717) is 26.6 Å². The van der Waals surface area contributed by atoms with Crippen molar-refractivity contribution in [3.63, 3.8) is 0 Å². The molecule has 3 aromatic heterocycles. The van der Waals surface area contributed by atoms with Crippen molar-refractivity contribution in [2.75, 3.05) is 5.32 Å². The molecular formula is C21H16N4O2S3. The highest BCUT2D eigenvalue weighted by Gasteiger charge is 2.21. The minimum absolute atomic E-state index is 0.124. The minimum atomic E-state index is -0.483. The van der Waals surface area contributed by atoms with Gasteiger partial charge in [-0.1, -0.05) is 23.9 Å². The summed E-state index contributed by atoms with van der Waals surface area (Å²) in [6.45, 7) is 1.76. The van der Waals surface area contributed by atoms with E-state index in [1.807, 2.05) is 29.0 Å². The number of nitriles is 1. The third-order valence-corrected chi connectivity index (χ3v) is 7.39. The summed E-state index contributed by atoms with van der Waals surface area (Å²) in [5.74, 6) is -0.227. The van der Waals surface area contributed by atoms with Crippen LogP contribution in [0.5, 0.6) is 0 Å². The number of hydrogen-bond donors (Lipinski definition) is 1. The summed E-state index contributed by atoms with van der Waals surface area (Å²) in [5, 5.41) is 16.4. The number of aromatic nitrogens is 2. The van der Waals surface area contributed by atoms with E-state index in [0.717, 1.165) is 10.4 Å². The van der Waals surface area contributed by atoms with Gasteiger partial charge in [0.2, 0.25) is 5.91 Å². The number of carbonyl (C=O) groups is 1. The van der Waals surface area contributed by atoms with Crippen LogP contribution in [0.4, 0.5) is 5.69 Å². The Morgan fingerprint density at radius 1 is 1.30 bits per heavy atom. The molecule has 4 aromatic rings. The average molecular weight is 453 g/mol. The first-order chi connectivity index (χ1) is 14.5. The van der Waals surface area contributed by atoms with Crippen molar-refractivity contribution in [3.05, 3.63) is 63.1 Å². The van der Waals surface area contributed by atoms with Gasteiger partial charge in [0.05, 0.1) is 22.3 Å². The Labute approximate surface area is 184 Å². The highest BCUT2D eigenvalue weighted by atomic mass is 32.2. The number of rotatable bonds is 5. The number of benzene rings is 1. The lowest BCUT2D eigenvalue weighted by molar-refractivity contribution is -0.115. The first kappa shape index (κ1) is 20.3. The number of nitrogens with one attached hydrogen (secondary N) is 1. The molecule has 150 valence electrons. The Hall–Kier alpha value is -2.93. The van der Waals surface area contributed by atoms with Gasteiger partial charge in [0.15, 0.2) is 5.16 Å². The molecule has 0 fully saturated rings. The van der Waals surface area contributed by atoms with Gasteiger partial charge in [-0.25, -0.2) is 4.98 Å². The van der Waals surface area contributed by atoms with E-state index in [4.69, 9.17) is 5.26 Å². The van der Waals surface area contributed by atoms with Crippen molar-refractivity contribution in [1.29, 1.82) is 5.26 Å². The second kappa shape index (κ2) is 8.44. The zero-order valence-electron chi connectivity index (χ0n) is 16.1. The lowest BCUT2D eigenvalue weighted by Crippen LogP contribution is -2.25. The van der Waals surface area contributed by atoms with Crippen LogP contribution in [0.1, 0.15) is 12.5 Å². The van der Waals surface area contributed by atoms with Gasteiger partial charge >= 0.3 is 0 Å². The molecular weight excluding hydrogens is 436 g/mol. The summed E-state index contributed by atoms with van der Waals surface area (Å²) in [6, 6.07) is 12.7. The molecule has 1 aromatic carbocycles. The maximum Gasteiger partial charge on any atom is 0.263 e. The topological polar surface area (TPSA) is 87.8 Å². The van der Waals surface area contributed by atoms with Gasteiger partial charge in [0, 0.05) is 28.6 Å². The Kier molecular flexibility index (Phi) is 5.72. The largest absolute Gasteiger partial charge is 0.325 e. The maximum atomic E-state index is 13.0. The van der Waals surface area contributed by atoms with Crippen LogP contribution < -0.4 is 10.9 Å². The summed E-state index contributed by atoms with van der Waals surface area (Å²) < 4.78 is 1.50. The van der Waals surface area contributed by atoms with E-state index < -0.39 is 5.25 Å². The fourth-order valence-electron chi connectivity index (χ4n) is 2.89. The summed E-state index contributed by atoms with van der Waals surface area (Å²) in [4.78, 5) is 32.0. The highest BCUT2D eigenvalue weighted by Crippen LogP contribution is 2.34. The first-order valence-electron chi connectivity index (χ1n) is 8.97. The van der Waals surface area contributed by atoms with E-state index in [9.17, 15) is 9.59 Å². The van der Waals surface area contributed by atoms with Crippen molar-refractivity contribution in [3.8, 4) is 16.5 Å². The molecule has 0 aliphatic heterocycles. The van der Waals surface area contributed by atoms with Crippen LogP contribution in [-0.2, 0) is 11.8 Å². The molecule has 1 atom stereocenters. The molecule has 4 rings (SSSR count). The smallest absolute Gasteiger partial charge is 0.263 e. The molecule has 0 aliphatic carbocycles. The summed E-state index contributed by atoms with van der Waals surface area (Å²) in [7, 11) is 1.67. The van der Waals surface area contributed by atoms with Gasteiger partial charge in [-0.2, -0.15) is 5.26 Å². The number of hydrogen-bond acceptors (Lipinski definition) is 7. The zero-order chi connectivity index (χ0) is 21.3. The second-order valence-corrected chi connectivity index (χ2v) is 9.62. The quantitative estimate of drug-likeness (QED) is 0.350. The van der Waals surface area contributed by atoms with Crippen LogP contribution in [0.15, 0.2) is 57.1 Å². The monoisotopic (exact) mass is 452 g/mol. The third-order valence-electron chi connectivity index (χ3n) is 4.47. The number of amides is 1. The molecule has 0 bridgehead atoms. The van der Waals surface area contributed by atoms with Gasteiger partial charge in [0.25, 0.3) is 5.56 Å². The molecule has 0 radical (unpaired) electrons. The zero-order valence-corrected chi connectivity index (χ0v) is 18.5. The van der Waals surface area contributed by atoms with E-state index in [2.05, 4.69) is 10.3 Å². The van der Waals surface area contributed by atoms with Gasteiger partial charge in [0.1, 0.15) is 4.83 Å². The van der Waals surface area contributed by atoms with Crippen LogP contribution in [-0.4, -0.2) is 20.7 Å². The lowest BCUT2D eigenvalue weighted by atomic mass is 10.2. The predicted octanol–water partition coefficient (Wildman–Crippen LogP) is 4.71. The number of thiophene rings is 2. The molecule has 0 saturated carbocycles. The molecule has 9 heteroatoms. The molecule has 0 saturated heterocycles. The van der Waals surface area contributed by atoms with E-state index in [-0.39, 0.29) is 11.5 Å². The standard InChI is InChI=1S/C21H16N4O2S3/c1-12(18(26)23-14-6-3-5-13(9-14)10-22)30-21-24-19-17(20(27)25(21)2)15(11-29-19)16-7-4-8-28-16/h3-9,11-12H,1-2H3,(H,23,26). The fourth-order valence-corrected chi connectivity index (χ4v) is 5.57. The Morgan fingerprint density at radius 2 is 2.13 bits per heavy atom. The van der Waals surface area contributed by atoms with Crippen LogP contribution >= 0.6 is 34.4 Å². The van der Waals surface area contributed by atoms with Crippen molar-refractivity contribution in [1.82, 2.24) is 9.55 Å². The summed E-state index contributed by atoms with van der Waals surface area (Å²) >= 11 is 4.24.